The highest BCUT2D eigenvalue weighted by Crippen LogP contribution is 2.36. The molecule has 0 saturated carbocycles. The molecule has 0 unspecified atom stereocenters. The van der Waals surface area contributed by atoms with Crippen LogP contribution in [0.1, 0.15) is 24.6 Å². The number of fused-ring (bicyclic) bond motifs is 1. The molecule has 2 amide bonds. The molecule has 3 aromatic rings. The molecule has 4 rings (SSSR count). The Morgan fingerprint density at radius 1 is 1.31 bits per heavy atom. The second-order valence-electron chi connectivity index (χ2n) is 6.64. The van der Waals surface area contributed by atoms with Crippen molar-refractivity contribution in [1.82, 2.24) is 9.97 Å². The number of urea groups is 1. The van der Waals surface area contributed by atoms with Crippen molar-refractivity contribution < 1.29 is 13.9 Å². The molecule has 148 valence electrons. The van der Waals surface area contributed by atoms with E-state index in [1.54, 1.807) is 17.4 Å². The SMILES string of the molecule is CCN(C(=O)Nc1ccc(F)cc1)c1ccc2c(c1)/C(=C/c1cnc[nH]1)CCO2. The first-order valence-corrected chi connectivity index (χ1v) is 9.44. The van der Waals surface area contributed by atoms with Crippen LogP contribution < -0.4 is 15.0 Å². The van der Waals surface area contributed by atoms with Crippen LogP contribution in [0.2, 0.25) is 0 Å². The van der Waals surface area contributed by atoms with Crippen LogP contribution in [-0.4, -0.2) is 29.2 Å². The summed E-state index contributed by atoms with van der Waals surface area (Å²) in [7, 11) is 0. The summed E-state index contributed by atoms with van der Waals surface area (Å²) < 4.78 is 18.9. The Hall–Kier alpha value is -3.61. The van der Waals surface area contributed by atoms with Crippen LogP contribution in [0.15, 0.2) is 55.0 Å². The first-order valence-electron chi connectivity index (χ1n) is 9.44. The number of imidazole rings is 1. The Kier molecular flexibility index (Phi) is 5.29. The van der Waals surface area contributed by atoms with Crippen molar-refractivity contribution in [2.45, 2.75) is 13.3 Å². The van der Waals surface area contributed by atoms with Crippen LogP contribution in [0.25, 0.3) is 11.6 Å². The largest absolute Gasteiger partial charge is 0.493 e. The average molecular weight is 392 g/mol. The molecule has 0 saturated heterocycles. The molecule has 0 aliphatic carbocycles. The third-order valence-electron chi connectivity index (χ3n) is 4.76. The lowest BCUT2D eigenvalue weighted by atomic mass is 9.98. The highest BCUT2D eigenvalue weighted by Gasteiger charge is 2.20. The number of ether oxygens (including phenoxy) is 1. The van der Waals surface area contributed by atoms with E-state index in [2.05, 4.69) is 15.3 Å². The molecule has 0 radical (unpaired) electrons. The third-order valence-corrected chi connectivity index (χ3v) is 4.76. The number of aromatic nitrogens is 2. The van der Waals surface area contributed by atoms with Gasteiger partial charge < -0.3 is 15.0 Å². The number of H-pyrrole nitrogens is 1. The summed E-state index contributed by atoms with van der Waals surface area (Å²) >= 11 is 0. The van der Waals surface area contributed by atoms with Crippen LogP contribution in [0.5, 0.6) is 5.75 Å². The summed E-state index contributed by atoms with van der Waals surface area (Å²) in [6.45, 7) is 2.99. The van der Waals surface area contributed by atoms with Crippen LogP contribution in [0, 0.1) is 5.82 Å². The van der Waals surface area contributed by atoms with Crippen LogP contribution >= 0.6 is 0 Å². The molecule has 0 spiro atoms. The first-order chi connectivity index (χ1) is 14.1. The summed E-state index contributed by atoms with van der Waals surface area (Å²) in [5.41, 5.74) is 4.28. The molecule has 2 heterocycles. The zero-order valence-corrected chi connectivity index (χ0v) is 16.0. The van der Waals surface area contributed by atoms with Gasteiger partial charge in [0, 0.05) is 29.9 Å². The molecule has 0 fully saturated rings. The van der Waals surface area contributed by atoms with Crippen molar-refractivity contribution in [3.8, 4) is 5.75 Å². The number of aromatic amines is 1. The summed E-state index contributed by atoms with van der Waals surface area (Å²) in [5.74, 6) is 0.447. The molecule has 1 aromatic heterocycles. The fraction of sp³-hybridized carbons (Fsp3) is 0.182. The summed E-state index contributed by atoms with van der Waals surface area (Å²) in [4.78, 5) is 21.6. The van der Waals surface area contributed by atoms with Crippen molar-refractivity contribution in [1.29, 1.82) is 0 Å². The maximum Gasteiger partial charge on any atom is 0.326 e. The predicted octanol–water partition coefficient (Wildman–Crippen LogP) is 4.93. The Morgan fingerprint density at radius 2 is 2.14 bits per heavy atom. The van der Waals surface area contributed by atoms with Gasteiger partial charge in [0.25, 0.3) is 0 Å². The normalized spacial score (nSPS) is 14.2. The van der Waals surface area contributed by atoms with E-state index in [4.69, 9.17) is 4.74 Å². The van der Waals surface area contributed by atoms with E-state index in [0.717, 1.165) is 34.7 Å². The van der Waals surface area contributed by atoms with E-state index >= 15 is 0 Å². The summed E-state index contributed by atoms with van der Waals surface area (Å²) in [5, 5.41) is 2.81. The smallest absolute Gasteiger partial charge is 0.326 e. The number of amides is 2. The topological polar surface area (TPSA) is 70.2 Å². The van der Waals surface area contributed by atoms with Gasteiger partial charge in [0.05, 0.1) is 24.8 Å². The summed E-state index contributed by atoms with van der Waals surface area (Å²) in [6, 6.07) is 11.1. The minimum Gasteiger partial charge on any atom is -0.493 e. The number of hydrogen-bond acceptors (Lipinski definition) is 3. The highest BCUT2D eigenvalue weighted by atomic mass is 19.1. The van der Waals surface area contributed by atoms with Gasteiger partial charge in [-0.05, 0) is 61.0 Å². The Balaban J connectivity index is 1.62. The molecule has 1 aliphatic rings. The number of halogens is 1. The highest BCUT2D eigenvalue weighted by molar-refractivity contribution is 6.02. The van der Waals surface area contributed by atoms with E-state index in [-0.39, 0.29) is 11.8 Å². The van der Waals surface area contributed by atoms with Crippen molar-refractivity contribution in [2.75, 3.05) is 23.4 Å². The molecule has 1 aliphatic heterocycles. The maximum absolute atomic E-state index is 13.1. The molecule has 2 N–H and O–H groups in total. The van der Waals surface area contributed by atoms with E-state index in [1.807, 2.05) is 31.2 Å². The fourth-order valence-electron chi connectivity index (χ4n) is 3.32. The molecular formula is C22H21FN4O2. The lowest BCUT2D eigenvalue weighted by Gasteiger charge is -2.25. The lowest BCUT2D eigenvalue weighted by molar-refractivity contribution is 0.257. The zero-order chi connectivity index (χ0) is 20.2. The van der Waals surface area contributed by atoms with Crippen LogP contribution in [0.3, 0.4) is 0 Å². The number of anilines is 2. The molecule has 6 nitrogen and oxygen atoms in total. The predicted molar refractivity (Wildman–Crippen MR) is 111 cm³/mol. The van der Waals surface area contributed by atoms with Crippen molar-refractivity contribution in [3.05, 3.63) is 72.1 Å². The number of nitrogens with zero attached hydrogens (tertiary/aromatic N) is 2. The van der Waals surface area contributed by atoms with Crippen LogP contribution in [-0.2, 0) is 0 Å². The van der Waals surface area contributed by atoms with Crippen LogP contribution in [0.4, 0.5) is 20.6 Å². The monoisotopic (exact) mass is 392 g/mol. The van der Waals surface area contributed by atoms with Gasteiger partial charge >= 0.3 is 6.03 Å². The van der Waals surface area contributed by atoms with E-state index in [0.29, 0.717) is 18.8 Å². The van der Waals surface area contributed by atoms with Gasteiger partial charge in [-0.15, -0.1) is 0 Å². The van der Waals surface area contributed by atoms with Crippen molar-refractivity contribution >= 4 is 29.1 Å². The molecule has 2 aromatic carbocycles. The minimum atomic E-state index is -0.346. The van der Waals surface area contributed by atoms with E-state index < -0.39 is 0 Å². The van der Waals surface area contributed by atoms with E-state index in [9.17, 15) is 9.18 Å². The number of carbonyl (C=O) groups is 1. The van der Waals surface area contributed by atoms with Gasteiger partial charge in [0.15, 0.2) is 0 Å². The molecule has 7 heteroatoms. The molecule has 29 heavy (non-hydrogen) atoms. The number of carbonyl (C=O) groups excluding carboxylic acids is 1. The number of rotatable bonds is 4. The minimum absolute atomic E-state index is 0.283. The molecule has 0 atom stereocenters. The van der Waals surface area contributed by atoms with Gasteiger partial charge in [-0.25, -0.2) is 14.2 Å². The maximum atomic E-state index is 13.1. The standard InChI is InChI=1S/C22H21FN4O2/c1-2-27(22(28)26-17-5-3-16(23)4-6-17)19-7-8-21-20(12-19)15(9-10-29-21)11-18-13-24-14-25-18/h3-8,11-14H,2,9-10H2,1H3,(H,24,25)(H,26,28)/b15-11+. The average Bonchev–Trinajstić information content (AvgIpc) is 3.24. The lowest BCUT2D eigenvalue weighted by Crippen LogP contribution is -2.34. The summed E-state index contributed by atoms with van der Waals surface area (Å²) in [6.07, 6.45) is 6.22. The number of benzene rings is 2. The number of nitrogens with one attached hydrogen (secondary N) is 2. The molecule has 0 bridgehead atoms. The van der Waals surface area contributed by atoms with Gasteiger partial charge in [-0.1, -0.05) is 0 Å². The molecular weight excluding hydrogens is 371 g/mol. The Labute approximate surface area is 168 Å². The zero-order valence-electron chi connectivity index (χ0n) is 16.0. The van der Waals surface area contributed by atoms with E-state index in [1.165, 1.54) is 24.3 Å². The van der Waals surface area contributed by atoms with Gasteiger partial charge in [0.2, 0.25) is 0 Å². The van der Waals surface area contributed by atoms with Gasteiger partial charge in [-0.3, -0.25) is 4.90 Å². The van der Waals surface area contributed by atoms with Crippen molar-refractivity contribution in [2.24, 2.45) is 0 Å². The van der Waals surface area contributed by atoms with Gasteiger partial charge in [-0.2, -0.15) is 0 Å². The van der Waals surface area contributed by atoms with Gasteiger partial charge in [0.1, 0.15) is 11.6 Å². The first kappa shape index (κ1) is 18.7. The van der Waals surface area contributed by atoms with Crippen molar-refractivity contribution in [3.63, 3.8) is 0 Å². The Bertz CT molecular complexity index is 1030. The quantitative estimate of drug-likeness (QED) is 0.661. The second kappa shape index (κ2) is 8.18. The second-order valence-corrected chi connectivity index (χ2v) is 6.64. The fourth-order valence-corrected chi connectivity index (χ4v) is 3.32. The third kappa shape index (κ3) is 4.13. The number of hydrogen-bond donors (Lipinski definition) is 2. The Morgan fingerprint density at radius 3 is 2.86 bits per heavy atom.